The lowest BCUT2D eigenvalue weighted by atomic mass is 9.96. The molecule has 134 valence electrons. The smallest absolute Gasteiger partial charge is 0.243 e. The molecular formula is C17H27N3O3S. The number of nitrogens with one attached hydrogen (secondary N) is 1. The Balaban J connectivity index is 2.12. The molecule has 3 N–H and O–H groups in total. The molecule has 0 spiro atoms. The molecule has 0 bridgehead atoms. The van der Waals surface area contributed by atoms with Crippen LogP contribution in [0.2, 0.25) is 0 Å². The molecule has 1 aliphatic rings. The Morgan fingerprint density at radius 1 is 1.29 bits per heavy atom. The van der Waals surface area contributed by atoms with E-state index in [1.54, 1.807) is 25.2 Å². The van der Waals surface area contributed by atoms with E-state index in [2.05, 4.69) is 5.32 Å². The van der Waals surface area contributed by atoms with Crippen LogP contribution in [0, 0.1) is 0 Å². The second-order valence-corrected chi connectivity index (χ2v) is 8.28. The number of sulfonamides is 1. The normalized spacial score (nSPS) is 16.3. The topological polar surface area (TPSA) is 92.5 Å². The molecule has 1 aromatic carbocycles. The van der Waals surface area contributed by atoms with E-state index < -0.39 is 10.0 Å². The number of benzene rings is 1. The van der Waals surface area contributed by atoms with Crippen LogP contribution in [0.15, 0.2) is 29.2 Å². The number of anilines is 1. The van der Waals surface area contributed by atoms with Gasteiger partial charge in [-0.25, -0.2) is 8.42 Å². The average molecular weight is 353 g/mol. The molecule has 0 atom stereocenters. The van der Waals surface area contributed by atoms with Crippen molar-refractivity contribution < 1.29 is 13.2 Å². The first-order chi connectivity index (χ1) is 11.4. The van der Waals surface area contributed by atoms with Crippen molar-refractivity contribution in [2.75, 3.05) is 18.9 Å². The number of carbonyl (C=O) groups is 1. The van der Waals surface area contributed by atoms with Gasteiger partial charge in [0, 0.05) is 25.2 Å². The van der Waals surface area contributed by atoms with Crippen molar-refractivity contribution >= 4 is 21.6 Å². The Kier molecular flexibility index (Phi) is 6.77. The maximum absolute atomic E-state index is 12.8. The van der Waals surface area contributed by atoms with E-state index >= 15 is 0 Å². The molecular weight excluding hydrogens is 326 g/mol. The number of nitrogens with two attached hydrogens (primary N) is 1. The Bertz CT molecular complexity index is 655. The monoisotopic (exact) mass is 353 g/mol. The highest BCUT2D eigenvalue weighted by Gasteiger charge is 2.29. The molecule has 2 rings (SSSR count). The fourth-order valence-electron chi connectivity index (χ4n) is 3.03. The van der Waals surface area contributed by atoms with Crippen molar-refractivity contribution in [3.63, 3.8) is 0 Å². The average Bonchev–Trinajstić information content (AvgIpc) is 2.60. The minimum Gasteiger partial charge on any atom is -0.330 e. The summed E-state index contributed by atoms with van der Waals surface area (Å²) in [5.74, 6) is -0.157. The van der Waals surface area contributed by atoms with Crippen LogP contribution in [-0.4, -0.2) is 38.3 Å². The van der Waals surface area contributed by atoms with Gasteiger partial charge in [0.2, 0.25) is 15.9 Å². The summed E-state index contributed by atoms with van der Waals surface area (Å²) >= 11 is 0. The first kappa shape index (κ1) is 18.9. The maximum atomic E-state index is 12.8. The van der Waals surface area contributed by atoms with Crippen LogP contribution in [-0.2, 0) is 14.8 Å². The molecule has 7 heteroatoms. The quantitative estimate of drug-likeness (QED) is 0.787. The zero-order valence-corrected chi connectivity index (χ0v) is 15.0. The van der Waals surface area contributed by atoms with Crippen molar-refractivity contribution in [1.29, 1.82) is 0 Å². The standard InChI is InChI=1S/C17H27N3O3S/c1-20(15-8-3-2-4-9-15)24(22,23)16-10-5-7-14(13-16)19-17(21)11-6-12-18/h5,7,10,13,15H,2-4,6,8-9,11-12,18H2,1H3,(H,19,21). The molecule has 1 amide bonds. The van der Waals surface area contributed by atoms with E-state index in [0.717, 1.165) is 25.7 Å². The highest BCUT2D eigenvalue weighted by molar-refractivity contribution is 7.89. The van der Waals surface area contributed by atoms with Crippen LogP contribution >= 0.6 is 0 Å². The van der Waals surface area contributed by atoms with Gasteiger partial charge in [0.05, 0.1) is 4.90 Å². The lowest BCUT2D eigenvalue weighted by Crippen LogP contribution is -2.38. The fourth-order valence-corrected chi connectivity index (χ4v) is 4.49. The van der Waals surface area contributed by atoms with Crippen LogP contribution in [0.25, 0.3) is 0 Å². The predicted octanol–water partition coefficient (Wildman–Crippen LogP) is 2.32. The molecule has 0 radical (unpaired) electrons. The van der Waals surface area contributed by atoms with Crippen molar-refractivity contribution in [3.8, 4) is 0 Å². The Hall–Kier alpha value is -1.44. The number of hydrogen-bond acceptors (Lipinski definition) is 4. The number of hydrogen-bond donors (Lipinski definition) is 2. The second kappa shape index (κ2) is 8.60. The summed E-state index contributed by atoms with van der Waals surface area (Å²) < 4.78 is 27.2. The summed E-state index contributed by atoms with van der Waals surface area (Å²) in [4.78, 5) is 12.0. The molecule has 6 nitrogen and oxygen atoms in total. The minimum absolute atomic E-state index is 0.0616. The number of nitrogens with zero attached hydrogens (tertiary/aromatic N) is 1. The summed E-state index contributed by atoms with van der Waals surface area (Å²) in [7, 11) is -1.90. The van der Waals surface area contributed by atoms with E-state index in [-0.39, 0.29) is 16.8 Å². The fraction of sp³-hybridized carbons (Fsp3) is 0.588. The zero-order valence-electron chi connectivity index (χ0n) is 14.2. The van der Waals surface area contributed by atoms with Crippen molar-refractivity contribution in [2.24, 2.45) is 5.73 Å². The lowest BCUT2D eigenvalue weighted by molar-refractivity contribution is -0.116. The molecule has 0 unspecified atom stereocenters. The molecule has 24 heavy (non-hydrogen) atoms. The van der Waals surface area contributed by atoms with Gasteiger partial charge in [-0.1, -0.05) is 25.3 Å². The maximum Gasteiger partial charge on any atom is 0.243 e. The summed E-state index contributed by atoms with van der Waals surface area (Å²) in [6.07, 6.45) is 6.07. The van der Waals surface area contributed by atoms with Gasteiger partial charge >= 0.3 is 0 Å². The molecule has 0 aliphatic heterocycles. The van der Waals surface area contributed by atoms with Crippen LogP contribution in [0.4, 0.5) is 5.69 Å². The second-order valence-electron chi connectivity index (χ2n) is 6.28. The van der Waals surface area contributed by atoms with Gasteiger partial charge in [-0.05, 0) is 44.0 Å². The SMILES string of the molecule is CN(C1CCCCC1)S(=O)(=O)c1cccc(NC(=O)CCCN)c1. The third-order valence-electron chi connectivity index (χ3n) is 4.49. The minimum atomic E-state index is -3.55. The molecule has 0 aromatic heterocycles. The van der Waals surface area contributed by atoms with Crippen LogP contribution in [0.3, 0.4) is 0 Å². The third-order valence-corrected chi connectivity index (χ3v) is 6.40. The first-order valence-electron chi connectivity index (χ1n) is 8.53. The summed E-state index contributed by atoms with van der Waals surface area (Å²) in [6.45, 7) is 0.452. The van der Waals surface area contributed by atoms with Gasteiger partial charge in [-0.2, -0.15) is 4.31 Å². The van der Waals surface area contributed by atoms with Crippen LogP contribution < -0.4 is 11.1 Å². The lowest BCUT2D eigenvalue weighted by Gasteiger charge is -2.30. The number of rotatable bonds is 7. The Labute approximate surface area is 144 Å². The molecule has 1 aromatic rings. The van der Waals surface area contributed by atoms with Crippen molar-refractivity contribution in [1.82, 2.24) is 4.31 Å². The molecule has 0 saturated heterocycles. The number of amides is 1. The molecule has 0 heterocycles. The van der Waals surface area contributed by atoms with Gasteiger partial charge in [0.25, 0.3) is 0 Å². The Morgan fingerprint density at radius 3 is 2.67 bits per heavy atom. The van der Waals surface area contributed by atoms with Gasteiger partial charge in [-0.15, -0.1) is 0 Å². The zero-order chi connectivity index (χ0) is 17.6. The van der Waals surface area contributed by atoms with Gasteiger partial charge in [0.1, 0.15) is 0 Å². The highest BCUT2D eigenvalue weighted by Crippen LogP contribution is 2.27. The third kappa shape index (κ3) is 4.78. The molecule has 1 fully saturated rings. The van der Waals surface area contributed by atoms with Crippen molar-refractivity contribution in [3.05, 3.63) is 24.3 Å². The van der Waals surface area contributed by atoms with Gasteiger partial charge in [0.15, 0.2) is 0 Å². The van der Waals surface area contributed by atoms with Gasteiger partial charge in [-0.3, -0.25) is 4.79 Å². The highest BCUT2D eigenvalue weighted by atomic mass is 32.2. The van der Waals surface area contributed by atoms with Crippen LogP contribution in [0.1, 0.15) is 44.9 Å². The van der Waals surface area contributed by atoms with E-state index in [9.17, 15) is 13.2 Å². The molecule has 1 aliphatic carbocycles. The van der Waals surface area contributed by atoms with Gasteiger partial charge < -0.3 is 11.1 Å². The van der Waals surface area contributed by atoms with E-state index in [1.165, 1.54) is 16.8 Å². The first-order valence-corrected chi connectivity index (χ1v) is 9.97. The van der Waals surface area contributed by atoms with Crippen molar-refractivity contribution in [2.45, 2.75) is 55.9 Å². The van der Waals surface area contributed by atoms with Crippen LogP contribution in [0.5, 0.6) is 0 Å². The Morgan fingerprint density at radius 2 is 2.00 bits per heavy atom. The number of carbonyl (C=O) groups excluding carboxylic acids is 1. The predicted molar refractivity (Wildman–Crippen MR) is 95.2 cm³/mol. The van der Waals surface area contributed by atoms with E-state index in [1.807, 2.05) is 0 Å². The van der Waals surface area contributed by atoms with E-state index in [0.29, 0.717) is 25.1 Å². The largest absolute Gasteiger partial charge is 0.330 e. The summed E-state index contributed by atoms with van der Waals surface area (Å²) in [5.41, 5.74) is 5.89. The summed E-state index contributed by atoms with van der Waals surface area (Å²) in [6, 6.07) is 6.51. The summed E-state index contributed by atoms with van der Waals surface area (Å²) in [5, 5.41) is 2.73. The molecule has 1 saturated carbocycles. The van der Waals surface area contributed by atoms with E-state index in [4.69, 9.17) is 5.73 Å².